The molecule has 0 atom stereocenters. The lowest BCUT2D eigenvalue weighted by Gasteiger charge is -2.06. The van der Waals surface area contributed by atoms with E-state index in [0.717, 1.165) is 22.7 Å². The maximum Gasteiger partial charge on any atom is 0.240 e. The summed E-state index contributed by atoms with van der Waals surface area (Å²) in [6.45, 7) is 2.29. The molecule has 1 aromatic carbocycles. The second-order valence-corrected chi connectivity index (χ2v) is 7.93. The summed E-state index contributed by atoms with van der Waals surface area (Å²) in [7, 11) is -3.46. The highest BCUT2D eigenvalue weighted by molar-refractivity contribution is 7.89. The van der Waals surface area contributed by atoms with Crippen molar-refractivity contribution in [2.24, 2.45) is 0 Å². The molecule has 21 heavy (non-hydrogen) atoms. The van der Waals surface area contributed by atoms with E-state index < -0.39 is 10.0 Å². The predicted molar refractivity (Wildman–Crippen MR) is 83.9 cm³/mol. The number of rotatable bonds is 6. The van der Waals surface area contributed by atoms with Crippen molar-refractivity contribution < 1.29 is 8.42 Å². The van der Waals surface area contributed by atoms with Crippen LogP contribution in [-0.2, 0) is 23.0 Å². The van der Waals surface area contributed by atoms with Crippen molar-refractivity contribution in [3.8, 4) is 0 Å². The van der Waals surface area contributed by atoms with Crippen LogP contribution in [0.3, 0.4) is 0 Å². The van der Waals surface area contributed by atoms with Crippen molar-refractivity contribution in [2.45, 2.75) is 43.5 Å². The Balaban J connectivity index is 1.66. The number of hydrogen-bond donors (Lipinski definition) is 1. The van der Waals surface area contributed by atoms with Crippen LogP contribution in [-0.4, -0.2) is 13.4 Å². The highest BCUT2D eigenvalue weighted by atomic mass is 32.2. The maximum absolute atomic E-state index is 12.2. The molecule has 1 N–H and O–H groups in total. The van der Waals surface area contributed by atoms with Gasteiger partial charge in [-0.25, -0.2) is 18.1 Å². The molecule has 6 heteroatoms. The van der Waals surface area contributed by atoms with Gasteiger partial charge in [-0.05, 0) is 37.0 Å². The maximum atomic E-state index is 12.2. The minimum Gasteiger partial charge on any atom is -0.245 e. The highest BCUT2D eigenvalue weighted by Crippen LogP contribution is 2.41. The van der Waals surface area contributed by atoms with Gasteiger partial charge >= 0.3 is 0 Å². The molecule has 1 saturated carbocycles. The molecule has 3 rings (SSSR count). The molecule has 1 heterocycles. The van der Waals surface area contributed by atoms with Crippen LogP contribution in [0.5, 0.6) is 0 Å². The number of thiazole rings is 1. The fourth-order valence-electron chi connectivity index (χ4n) is 2.08. The third-order valence-electron chi connectivity index (χ3n) is 3.58. The SMILES string of the molecule is CCc1ccc(S(=O)(=O)NCc2csc(C3CC3)n2)cc1. The summed E-state index contributed by atoms with van der Waals surface area (Å²) in [4.78, 5) is 4.79. The molecule has 1 aliphatic rings. The lowest BCUT2D eigenvalue weighted by Crippen LogP contribution is -2.23. The fourth-order valence-corrected chi connectivity index (χ4v) is 4.07. The number of nitrogens with zero attached hydrogens (tertiary/aromatic N) is 1. The van der Waals surface area contributed by atoms with E-state index in [4.69, 9.17) is 0 Å². The Bertz CT molecular complexity index is 716. The molecule has 0 spiro atoms. The summed E-state index contributed by atoms with van der Waals surface area (Å²) in [6, 6.07) is 7.00. The van der Waals surface area contributed by atoms with E-state index in [1.165, 1.54) is 12.8 Å². The van der Waals surface area contributed by atoms with Crippen LogP contribution < -0.4 is 4.72 Å². The Hall–Kier alpha value is -1.24. The van der Waals surface area contributed by atoms with Gasteiger partial charge in [0, 0.05) is 11.3 Å². The van der Waals surface area contributed by atoms with Gasteiger partial charge in [0.15, 0.2) is 0 Å². The number of benzene rings is 1. The van der Waals surface area contributed by atoms with Crippen molar-refractivity contribution in [1.29, 1.82) is 0 Å². The van der Waals surface area contributed by atoms with Gasteiger partial charge in [0.25, 0.3) is 0 Å². The monoisotopic (exact) mass is 322 g/mol. The number of hydrogen-bond acceptors (Lipinski definition) is 4. The van der Waals surface area contributed by atoms with Crippen LogP contribution >= 0.6 is 11.3 Å². The van der Waals surface area contributed by atoms with E-state index in [1.54, 1.807) is 23.5 Å². The molecular weight excluding hydrogens is 304 g/mol. The van der Waals surface area contributed by atoms with Crippen molar-refractivity contribution in [3.63, 3.8) is 0 Å². The Morgan fingerprint density at radius 3 is 2.62 bits per heavy atom. The molecule has 1 aromatic heterocycles. The minimum atomic E-state index is -3.46. The van der Waals surface area contributed by atoms with E-state index in [1.807, 2.05) is 24.4 Å². The van der Waals surface area contributed by atoms with Crippen LogP contribution in [0.2, 0.25) is 0 Å². The molecule has 0 aliphatic heterocycles. The van der Waals surface area contributed by atoms with Crippen LogP contribution in [0, 0.1) is 0 Å². The van der Waals surface area contributed by atoms with Crippen LogP contribution in [0.25, 0.3) is 0 Å². The van der Waals surface area contributed by atoms with Gasteiger partial charge in [0.1, 0.15) is 0 Å². The number of aryl methyl sites for hydroxylation is 1. The summed E-state index contributed by atoms with van der Waals surface area (Å²) in [5.74, 6) is 0.613. The first-order chi connectivity index (χ1) is 10.1. The molecule has 1 fully saturated rings. The lowest BCUT2D eigenvalue weighted by molar-refractivity contribution is 0.580. The standard InChI is InChI=1S/C15H18N2O2S2/c1-2-11-3-7-14(8-4-11)21(18,19)16-9-13-10-20-15(17-13)12-5-6-12/h3-4,7-8,10,12,16H,2,5-6,9H2,1H3. The minimum absolute atomic E-state index is 0.251. The largest absolute Gasteiger partial charge is 0.245 e. The zero-order chi connectivity index (χ0) is 14.9. The second-order valence-electron chi connectivity index (χ2n) is 5.27. The third kappa shape index (κ3) is 3.51. The van der Waals surface area contributed by atoms with Crippen LogP contribution in [0.4, 0.5) is 0 Å². The molecule has 0 amide bonds. The van der Waals surface area contributed by atoms with Crippen LogP contribution in [0.15, 0.2) is 34.5 Å². The number of sulfonamides is 1. The van der Waals surface area contributed by atoms with Gasteiger partial charge in [-0.3, -0.25) is 0 Å². The summed E-state index contributed by atoms with van der Waals surface area (Å²) in [6.07, 6.45) is 3.32. The Kier molecular flexibility index (Phi) is 4.10. The first-order valence-electron chi connectivity index (χ1n) is 7.11. The average Bonchev–Trinajstić information content (AvgIpc) is 3.24. The van der Waals surface area contributed by atoms with Gasteiger partial charge in [0.05, 0.1) is 22.1 Å². The summed E-state index contributed by atoms with van der Waals surface area (Å²) >= 11 is 1.63. The smallest absolute Gasteiger partial charge is 0.240 e. The van der Waals surface area contributed by atoms with Crippen molar-refractivity contribution in [3.05, 3.63) is 45.9 Å². The summed E-state index contributed by atoms with van der Waals surface area (Å²) in [5, 5.41) is 3.08. The summed E-state index contributed by atoms with van der Waals surface area (Å²) in [5.41, 5.74) is 1.93. The first-order valence-corrected chi connectivity index (χ1v) is 9.47. The number of aromatic nitrogens is 1. The fraction of sp³-hybridized carbons (Fsp3) is 0.400. The molecule has 0 bridgehead atoms. The van der Waals surface area contributed by atoms with Gasteiger partial charge in [0.2, 0.25) is 10.0 Å². The Morgan fingerprint density at radius 1 is 1.29 bits per heavy atom. The average molecular weight is 322 g/mol. The zero-order valence-electron chi connectivity index (χ0n) is 11.9. The number of nitrogens with one attached hydrogen (secondary N) is 1. The van der Waals surface area contributed by atoms with Crippen LogP contribution in [0.1, 0.15) is 41.9 Å². The van der Waals surface area contributed by atoms with E-state index in [2.05, 4.69) is 9.71 Å². The van der Waals surface area contributed by atoms with Gasteiger partial charge in [-0.15, -0.1) is 11.3 Å². The first kappa shape index (κ1) is 14.7. The third-order valence-corrected chi connectivity index (χ3v) is 6.05. The van der Waals surface area contributed by atoms with Crippen molar-refractivity contribution in [1.82, 2.24) is 9.71 Å². The Labute approximate surface area is 129 Å². The molecule has 0 unspecified atom stereocenters. The topological polar surface area (TPSA) is 59.1 Å². The van der Waals surface area contributed by atoms with E-state index in [-0.39, 0.29) is 6.54 Å². The lowest BCUT2D eigenvalue weighted by atomic mass is 10.2. The summed E-state index contributed by atoms with van der Waals surface area (Å²) < 4.78 is 27.1. The van der Waals surface area contributed by atoms with E-state index >= 15 is 0 Å². The molecule has 0 saturated heterocycles. The normalized spacial score (nSPS) is 15.3. The molecule has 2 aromatic rings. The molecule has 4 nitrogen and oxygen atoms in total. The van der Waals surface area contributed by atoms with E-state index in [9.17, 15) is 8.42 Å². The molecular formula is C15H18N2O2S2. The molecule has 112 valence electrons. The molecule has 0 radical (unpaired) electrons. The van der Waals surface area contributed by atoms with Gasteiger partial charge in [-0.1, -0.05) is 19.1 Å². The molecule has 1 aliphatic carbocycles. The van der Waals surface area contributed by atoms with Gasteiger partial charge < -0.3 is 0 Å². The second kappa shape index (κ2) is 5.87. The quantitative estimate of drug-likeness (QED) is 0.889. The predicted octanol–water partition coefficient (Wildman–Crippen LogP) is 3.06. The van der Waals surface area contributed by atoms with Crippen molar-refractivity contribution in [2.75, 3.05) is 0 Å². The Morgan fingerprint density at radius 2 is 2.00 bits per heavy atom. The van der Waals surface area contributed by atoms with E-state index in [0.29, 0.717) is 10.8 Å². The van der Waals surface area contributed by atoms with Crippen molar-refractivity contribution >= 4 is 21.4 Å². The highest BCUT2D eigenvalue weighted by Gasteiger charge is 2.26. The zero-order valence-corrected chi connectivity index (χ0v) is 13.5. The van der Waals surface area contributed by atoms with Gasteiger partial charge in [-0.2, -0.15) is 0 Å².